The highest BCUT2D eigenvalue weighted by molar-refractivity contribution is 5.53. The van der Waals surface area contributed by atoms with Gasteiger partial charge >= 0.3 is 0 Å². The third-order valence-corrected chi connectivity index (χ3v) is 3.90. The van der Waals surface area contributed by atoms with Crippen LogP contribution in [0.2, 0.25) is 0 Å². The zero-order valence-electron chi connectivity index (χ0n) is 12.9. The van der Waals surface area contributed by atoms with Crippen molar-refractivity contribution in [1.82, 2.24) is 4.90 Å². The maximum atomic E-state index is 9.66. The number of ether oxygens (including phenoxy) is 3. The van der Waals surface area contributed by atoms with Gasteiger partial charge in [0.25, 0.3) is 0 Å². The van der Waals surface area contributed by atoms with Crippen molar-refractivity contribution in [3.63, 3.8) is 0 Å². The van der Waals surface area contributed by atoms with Gasteiger partial charge in [0.1, 0.15) is 23.3 Å². The summed E-state index contributed by atoms with van der Waals surface area (Å²) in [6.45, 7) is 1.85. The second kappa shape index (κ2) is 7.19. The molecule has 1 unspecified atom stereocenters. The van der Waals surface area contributed by atoms with Crippen LogP contribution in [0.3, 0.4) is 0 Å². The Morgan fingerprint density at radius 3 is 2.00 bits per heavy atom. The first-order valence-corrected chi connectivity index (χ1v) is 7.18. The smallest absolute Gasteiger partial charge is 0.132 e. The molecule has 5 heteroatoms. The summed E-state index contributed by atoms with van der Waals surface area (Å²) in [5.74, 6) is 1.91. The first kappa shape index (κ1) is 15.5. The Morgan fingerprint density at radius 1 is 1.00 bits per heavy atom. The lowest BCUT2D eigenvalue weighted by Crippen LogP contribution is -2.33. The molecule has 0 bridgehead atoms. The van der Waals surface area contributed by atoms with Crippen molar-refractivity contribution in [3.8, 4) is 23.3 Å². The molecule has 0 N–H and O–H groups in total. The van der Waals surface area contributed by atoms with E-state index in [0.717, 1.165) is 31.5 Å². The topological polar surface area (TPSA) is 54.7 Å². The molecule has 1 aliphatic heterocycles. The van der Waals surface area contributed by atoms with Crippen LogP contribution < -0.4 is 14.2 Å². The lowest BCUT2D eigenvalue weighted by Gasteiger charge is -2.32. The Kier molecular flexibility index (Phi) is 5.29. The fourth-order valence-corrected chi connectivity index (χ4v) is 2.81. The minimum atomic E-state index is -0.360. The fraction of sp³-hybridized carbons (Fsp3) is 0.562. The van der Waals surface area contributed by atoms with Gasteiger partial charge in [0.05, 0.1) is 33.0 Å². The molecule has 0 radical (unpaired) electrons. The molecule has 1 saturated heterocycles. The van der Waals surface area contributed by atoms with E-state index in [4.69, 9.17) is 14.2 Å². The van der Waals surface area contributed by atoms with E-state index in [-0.39, 0.29) is 6.04 Å². The molecular formula is C16H22N2O3. The first-order chi connectivity index (χ1) is 10.2. The van der Waals surface area contributed by atoms with Crippen LogP contribution in [0.1, 0.15) is 30.9 Å². The monoisotopic (exact) mass is 290 g/mol. The molecule has 114 valence electrons. The third kappa shape index (κ3) is 3.22. The number of nitriles is 1. The molecule has 1 heterocycles. The fourth-order valence-electron chi connectivity index (χ4n) is 2.81. The predicted octanol–water partition coefficient (Wildman–Crippen LogP) is 2.76. The van der Waals surface area contributed by atoms with Gasteiger partial charge in [-0.2, -0.15) is 5.26 Å². The maximum Gasteiger partial charge on any atom is 0.132 e. The number of nitrogens with zero attached hydrogens (tertiary/aromatic N) is 2. The van der Waals surface area contributed by atoms with Crippen molar-refractivity contribution < 1.29 is 14.2 Å². The zero-order valence-corrected chi connectivity index (χ0v) is 12.9. The average Bonchev–Trinajstić information content (AvgIpc) is 2.56. The molecule has 0 aromatic heterocycles. The van der Waals surface area contributed by atoms with E-state index in [2.05, 4.69) is 11.0 Å². The molecule has 0 aliphatic carbocycles. The standard InChI is InChI=1S/C16H22N2O3/c1-19-12-9-14(20-2)16(15(10-12)21-3)13(11-17)18-7-5-4-6-8-18/h9-10,13H,4-8H2,1-3H3. The molecular weight excluding hydrogens is 268 g/mol. The minimum absolute atomic E-state index is 0.360. The van der Waals surface area contributed by atoms with E-state index in [9.17, 15) is 5.26 Å². The van der Waals surface area contributed by atoms with Crippen LogP contribution in [0, 0.1) is 11.3 Å². The summed E-state index contributed by atoms with van der Waals surface area (Å²) >= 11 is 0. The van der Waals surface area contributed by atoms with E-state index in [1.807, 2.05) is 0 Å². The Morgan fingerprint density at radius 2 is 1.57 bits per heavy atom. The summed E-state index contributed by atoms with van der Waals surface area (Å²) in [6.07, 6.45) is 3.48. The lowest BCUT2D eigenvalue weighted by atomic mass is 10.0. The number of piperidine rings is 1. The van der Waals surface area contributed by atoms with Gasteiger partial charge in [0.15, 0.2) is 0 Å². The van der Waals surface area contributed by atoms with Crippen molar-refractivity contribution in [3.05, 3.63) is 17.7 Å². The van der Waals surface area contributed by atoms with Crippen LogP contribution in [0.5, 0.6) is 17.2 Å². The van der Waals surface area contributed by atoms with Crippen molar-refractivity contribution >= 4 is 0 Å². The predicted molar refractivity (Wildman–Crippen MR) is 79.9 cm³/mol. The molecule has 0 amide bonds. The normalized spacial score (nSPS) is 16.9. The second-order valence-corrected chi connectivity index (χ2v) is 5.07. The Balaban J connectivity index is 2.46. The van der Waals surface area contributed by atoms with Gasteiger partial charge in [0, 0.05) is 12.1 Å². The van der Waals surface area contributed by atoms with Crippen molar-refractivity contribution in [2.75, 3.05) is 34.4 Å². The van der Waals surface area contributed by atoms with Crippen LogP contribution in [0.15, 0.2) is 12.1 Å². The van der Waals surface area contributed by atoms with Gasteiger partial charge < -0.3 is 14.2 Å². The average molecular weight is 290 g/mol. The second-order valence-electron chi connectivity index (χ2n) is 5.07. The molecule has 1 atom stereocenters. The van der Waals surface area contributed by atoms with Gasteiger partial charge in [-0.3, -0.25) is 4.90 Å². The number of hydrogen-bond acceptors (Lipinski definition) is 5. The van der Waals surface area contributed by atoms with Crippen LogP contribution in [-0.2, 0) is 0 Å². The maximum absolute atomic E-state index is 9.66. The minimum Gasteiger partial charge on any atom is -0.496 e. The number of hydrogen-bond donors (Lipinski definition) is 0. The number of benzene rings is 1. The molecule has 1 aliphatic rings. The molecule has 1 aromatic carbocycles. The molecule has 0 saturated carbocycles. The largest absolute Gasteiger partial charge is 0.496 e. The highest BCUT2D eigenvalue weighted by Crippen LogP contribution is 2.40. The molecule has 0 spiro atoms. The summed E-state index contributed by atoms with van der Waals surface area (Å²) < 4.78 is 16.2. The van der Waals surface area contributed by atoms with E-state index in [1.54, 1.807) is 33.5 Å². The molecule has 1 fully saturated rings. The van der Waals surface area contributed by atoms with Crippen LogP contribution in [-0.4, -0.2) is 39.3 Å². The van der Waals surface area contributed by atoms with E-state index < -0.39 is 0 Å². The zero-order chi connectivity index (χ0) is 15.2. The summed E-state index contributed by atoms with van der Waals surface area (Å²) in [6, 6.07) is 5.64. The Hall–Kier alpha value is -1.93. The van der Waals surface area contributed by atoms with Crippen molar-refractivity contribution in [1.29, 1.82) is 5.26 Å². The summed E-state index contributed by atoms with van der Waals surface area (Å²) in [5.41, 5.74) is 0.783. The summed E-state index contributed by atoms with van der Waals surface area (Å²) in [7, 11) is 4.80. The number of methoxy groups -OCH3 is 3. The highest BCUT2D eigenvalue weighted by Gasteiger charge is 2.28. The Bertz CT molecular complexity index is 494. The molecule has 1 aromatic rings. The molecule has 2 rings (SSSR count). The molecule has 5 nitrogen and oxygen atoms in total. The molecule has 21 heavy (non-hydrogen) atoms. The summed E-state index contributed by atoms with van der Waals surface area (Å²) in [4.78, 5) is 2.19. The van der Waals surface area contributed by atoms with E-state index in [1.165, 1.54) is 6.42 Å². The van der Waals surface area contributed by atoms with Crippen LogP contribution in [0.4, 0.5) is 0 Å². The van der Waals surface area contributed by atoms with Gasteiger partial charge in [-0.25, -0.2) is 0 Å². The summed E-state index contributed by atoms with van der Waals surface area (Å²) in [5, 5.41) is 9.66. The lowest BCUT2D eigenvalue weighted by molar-refractivity contribution is 0.190. The Labute approximate surface area is 126 Å². The third-order valence-electron chi connectivity index (χ3n) is 3.90. The quantitative estimate of drug-likeness (QED) is 0.834. The highest BCUT2D eigenvalue weighted by atomic mass is 16.5. The van der Waals surface area contributed by atoms with Crippen LogP contribution >= 0.6 is 0 Å². The van der Waals surface area contributed by atoms with Crippen molar-refractivity contribution in [2.45, 2.75) is 25.3 Å². The van der Waals surface area contributed by atoms with Crippen LogP contribution in [0.25, 0.3) is 0 Å². The van der Waals surface area contributed by atoms with E-state index >= 15 is 0 Å². The van der Waals surface area contributed by atoms with Gasteiger partial charge in [-0.15, -0.1) is 0 Å². The van der Waals surface area contributed by atoms with Gasteiger partial charge in [-0.05, 0) is 25.9 Å². The van der Waals surface area contributed by atoms with E-state index in [0.29, 0.717) is 17.2 Å². The number of rotatable bonds is 5. The first-order valence-electron chi connectivity index (χ1n) is 7.18. The van der Waals surface area contributed by atoms with Gasteiger partial charge in [0.2, 0.25) is 0 Å². The number of likely N-dealkylation sites (tertiary alicyclic amines) is 1. The van der Waals surface area contributed by atoms with Gasteiger partial charge in [-0.1, -0.05) is 6.42 Å². The SMILES string of the molecule is COc1cc(OC)c(C(C#N)N2CCCCC2)c(OC)c1. The van der Waals surface area contributed by atoms with Crippen molar-refractivity contribution in [2.24, 2.45) is 0 Å².